The summed E-state index contributed by atoms with van der Waals surface area (Å²) in [5, 5.41) is 0. The molecule has 0 radical (unpaired) electrons. The summed E-state index contributed by atoms with van der Waals surface area (Å²) in [5.41, 5.74) is 0. The Kier molecular flexibility index (Phi) is 2.40. The van der Waals surface area contributed by atoms with Crippen LogP contribution in [0, 0.1) is 0 Å². The molecule has 0 aromatic rings. The highest BCUT2D eigenvalue weighted by Crippen LogP contribution is 2.28. The van der Waals surface area contributed by atoms with Crippen molar-refractivity contribution in [2.24, 2.45) is 0 Å². The fourth-order valence-corrected chi connectivity index (χ4v) is 2.24. The van der Waals surface area contributed by atoms with Gasteiger partial charge in [-0.1, -0.05) is 0 Å². The van der Waals surface area contributed by atoms with E-state index in [0.29, 0.717) is 0 Å². The lowest BCUT2D eigenvalue weighted by atomic mass is 10.3. The Morgan fingerprint density at radius 2 is 2.08 bits per heavy atom. The van der Waals surface area contributed by atoms with Gasteiger partial charge in [-0.2, -0.15) is 4.31 Å². The Morgan fingerprint density at radius 1 is 1.50 bits per heavy atom. The maximum absolute atomic E-state index is 12.6. The zero-order chi connectivity index (χ0) is 9.41. The van der Waals surface area contributed by atoms with E-state index >= 15 is 0 Å². The zero-order valence-electron chi connectivity index (χ0n) is 6.76. The van der Waals surface area contributed by atoms with Crippen molar-refractivity contribution in [1.82, 2.24) is 4.31 Å². The van der Waals surface area contributed by atoms with Crippen molar-refractivity contribution in [3.8, 4) is 0 Å². The molecule has 3 nitrogen and oxygen atoms in total. The number of nitrogens with zero attached hydrogens (tertiary/aromatic N) is 1. The first-order chi connectivity index (χ1) is 5.37. The molecule has 0 unspecified atom stereocenters. The molecule has 0 aliphatic carbocycles. The minimum atomic E-state index is -3.42. The molecule has 1 aliphatic heterocycles. The van der Waals surface area contributed by atoms with E-state index in [0.717, 1.165) is 4.31 Å². The van der Waals surface area contributed by atoms with Crippen LogP contribution in [0.4, 0.5) is 8.78 Å². The third-order valence-corrected chi connectivity index (χ3v) is 3.72. The standard InChI is InChI=1S/C6H11F2NO2S/c1-2-12(10,11)9-4-3-6(7,8)5-9/h2-5H2,1H3. The van der Waals surface area contributed by atoms with E-state index in [1.54, 1.807) is 0 Å². The highest BCUT2D eigenvalue weighted by atomic mass is 32.2. The lowest BCUT2D eigenvalue weighted by Gasteiger charge is -2.14. The Labute approximate surface area is 70.4 Å². The molecule has 0 amide bonds. The molecule has 0 aromatic heterocycles. The molecular formula is C6H11F2NO2S. The van der Waals surface area contributed by atoms with E-state index in [-0.39, 0.29) is 18.7 Å². The second-order valence-electron chi connectivity index (χ2n) is 2.84. The molecule has 1 heterocycles. The quantitative estimate of drug-likeness (QED) is 0.655. The van der Waals surface area contributed by atoms with Crippen molar-refractivity contribution in [2.75, 3.05) is 18.8 Å². The summed E-state index contributed by atoms with van der Waals surface area (Å²) in [5.74, 6) is -2.94. The van der Waals surface area contributed by atoms with E-state index in [4.69, 9.17) is 0 Å². The summed E-state index contributed by atoms with van der Waals surface area (Å²) in [4.78, 5) is 0. The van der Waals surface area contributed by atoms with Gasteiger partial charge in [0.2, 0.25) is 10.0 Å². The average Bonchev–Trinajstić information content (AvgIpc) is 2.31. The van der Waals surface area contributed by atoms with Gasteiger partial charge in [0.15, 0.2) is 0 Å². The fourth-order valence-electron chi connectivity index (χ4n) is 1.12. The van der Waals surface area contributed by atoms with Gasteiger partial charge in [0, 0.05) is 13.0 Å². The van der Waals surface area contributed by atoms with Crippen LogP contribution in [0.2, 0.25) is 0 Å². The first-order valence-electron chi connectivity index (χ1n) is 3.73. The zero-order valence-corrected chi connectivity index (χ0v) is 7.57. The molecule has 72 valence electrons. The van der Waals surface area contributed by atoms with E-state index < -0.39 is 22.5 Å². The Balaban J connectivity index is 2.71. The molecule has 6 heteroatoms. The number of sulfonamides is 1. The van der Waals surface area contributed by atoms with Crippen LogP contribution < -0.4 is 0 Å². The topological polar surface area (TPSA) is 37.4 Å². The van der Waals surface area contributed by atoms with E-state index in [9.17, 15) is 17.2 Å². The molecule has 1 saturated heterocycles. The summed E-state index contributed by atoms with van der Waals surface area (Å²) >= 11 is 0. The molecule has 0 spiro atoms. The second-order valence-corrected chi connectivity index (χ2v) is 5.10. The molecule has 0 bridgehead atoms. The smallest absolute Gasteiger partial charge is 0.212 e. The van der Waals surface area contributed by atoms with Gasteiger partial charge in [0.05, 0.1) is 12.3 Å². The largest absolute Gasteiger partial charge is 0.262 e. The van der Waals surface area contributed by atoms with Gasteiger partial charge in [-0.25, -0.2) is 17.2 Å². The first kappa shape index (κ1) is 9.85. The van der Waals surface area contributed by atoms with Crippen molar-refractivity contribution in [2.45, 2.75) is 19.3 Å². The number of hydrogen-bond acceptors (Lipinski definition) is 2. The second kappa shape index (κ2) is 2.92. The van der Waals surface area contributed by atoms with Crippen LogP contribution in [0.3, 0.4) is 0 Å². The van der Waals surface area contributed by atoms with Crippen LogP contribution in [-0.4, -0.2) is 37.5 Å². The van der Waals surface area contributed by atoms with E-state index in [2.05, 4.69) is 0 Å². The van der Waals surface area contributed by atoms with Crippen molar-refractivity contribution < 1.29 is 17.2 Å². The van der Waals surface area contributed by atoms with Crippen LogP contribution in [0.15, 0.2) is 0 Å². The lowest BCUT2D eigenvalue weighted by molar-refractivity contribution is 0.0184. The third-order valence-electron chi connectivity index (χ3n) is 1.89. The van der Waals surface area contributed by atoms with Gasteiger partial charge < -0.3 is 0 Å². The third kappa shape index (κ3) is 1.92. The summed E-state index contributed by atoms with van der Waals surface area (Å²) in [6.45, 7) is 0.748. The number of rotatable bonds is 2. The number of alkyl halides is 2. The van der Waals surface area contributed by atoms with Crippen LogP contribution in [-0.2, 0) is 10.0 Å². The van der Waals surface area contributed by atoms with Gasteiger partial charge in [0.25, 0.3) is 5.92 Å². The maximum Gasteiger partial charge on any atom is 0.262 e. The van der Waals surface area contributed by atoms with Gasteiger partial charge >= 0.3 is 0 Å². The highest BCUT2D eigenvalue weighted by Gasteiger charge is 2.42. The molecule has 0 N–H and O–H groups in total. The molecule has 1 rings (SSSR count). The normalized spacial score (nSPS) is 24.6. The summed E-state index contributed by atoms with van der Waals surface area (Å²) < 4.78 is 48.1. The first-order valence-corrected chi connectivity index (χ1v) is 5.34. The summed E-state index contributed by atoms with van der Waals surface area (Å²) in [6.07, 6.45) is -0.355. The fraction of sp³-hybridized carbons (Fsp3) is 1.00. The highest BCUT2D eigenvalue weighted by molar-refractivity contribution is 7.89. The molecule has 0 saturated carbocycles. The predicted molar refractivity (Wildman–Crippen MR) is 40.6 cm³/mol. The van der Waals surface area contributed by atoms with Crippen molar-refractivity contribution in [1.29, 1.82) is 0 Å². The lowest BCUT2D eigenvalue weighted by Crippen LogP contribution is -2.32. The SMILES string of the molecule is CCS(=O)(=O)N1CCC(F)(F)C1. The maximum atomic E-state index is 12.6. The molecule has 1 aliphatic rings. The molecular weight excluding hydrogens is 188 g/mol. The number of halogens is 2. The van der Waals surface area contributed by atoms with E-state index in [1.807, 2.05) is 0 Å². The van der Waals surface area contributed by atoms with Crippen molar-refractivity contribution in [3.05, 3.63) is 0 Å². The monoisotopic (exact) mass is 199 g/mol. The predicted octanol–water partition coefficient (Wildman–Crippen LogP) is 0.677. The average molecular weight is 199 g/mol. The van der Waals surface area contributed by atoms with Crippen molar-refractivity contribution in [3.63, 3.8) is 0 Å². The minimum Gasteiger partial charge on any atom is -0.212 e. The van der Waals surface area contributed by atoms with Crippen LogP contribution in [0.25, 0.3) is 0 Å². The molecule has 0 atom stereocenters. The van der Waals surface area contributed by atoms with Crippen molar-refractivity contribution >= 4 is 10.0 Å². The Bertz CT molecular complexity index is 263. The van der Waals surface area contributed by atoms with Crippen LogP contribution >= 0.6 is 0 Å². The van der Waals surface area contributed by atoms with Crippen LogP contribution in [0.1, 0.15) is 13.3 Å². The van der Waals surface area contributed by atoms with Gasteiger partial charge in [0.1, 0.15) is 0 Å². The van der Waals surface area contributed by atoms with Gasteiger partial charge in [-0.05, 0) is 6.92 Å². The Morgan fingerprint density at radius 3 is 2.42 bits per heavy atom. The molecule has 0 aromatic carbocycles. The van der Waals surface area contributed by atoms with E-state index in [1.165, 1.54) is 6.92 Å². The molecule has 12 heavy (non-hydrogen) atoms. The number of hydrogen-bond donors (Lipinski definition) is 0. The Hall–Kier alpha value is -0.230. The molecule has 1 fully saturated rings. The minimum absolute atomic E-state index is 0.0524. The van der Waals surface area contributed by atoms with Crippen LogP contribution in [0.5, 0.6) is 0 Å². The van der Waals surface area contributed by atoms with Gasteiger partial charge in [-0.15, -0.1) is 0 Å². The summed E-state index contributed by atoms with van der Waals surface area (Å²) in [7, 11) is -3.42. The van der Waals surface area contributed by atoms with Gasteiger partial charge in [-0.3, -0.25) is 0 Å². The summed E-state index contributed by atoms with van der Waals surface area (Å²) in [6, 6.07) is 0.